The van der Waals surface area contributed by atoms with Crippen molar-refractivity contribution in [1.82, 2.24) is 0 Å². The van der Waals surface area contributed by atoms with Gasteiger partial charge in [-0.05, 0) is 15.7 Å². The smallest absolute Gasteiger partial charge is 0.0669 e. The Bertz CT molecular complexity index is 198. The first-order valence-electron chi connectivity index (χ1n) is 2.68. The van der Waals surface area contributed by atoms with E-state index in [1.165, 1.54) is 6.21 Å². The van der Waals surface area contributed by atoms with E-state index in [-0.39, 0.29) is 0 Å². The molecule has 0 heterocycles. The van der Waals surface area contributed by atoms with Crippen molar-refractivity contribution in [2.75, 3.05) is 0 Å². The molecule has 0 aromatic heterocycles. The molecule has 0 saturated carbocycles. The number of hydrogen-bond acceptors (Lipinski definition) is 2. The molecule has 0 aliphatic carbocycles. The van der Waals surface area contributed by atoms with Gasteiger partial charge >= 0.3 is 0 Å². The minimum Gasteiger partial charge on any atom is -0.309 e. The van der Waals surface area contributed by atoms with E-state index in [1.54, 1.807) is 6.08 Å². The summed E-state index contributed by atoms with van der Waals surface area (Å²) in [6, 6.07) is 2.01. The lowest BCUT2D eigenvalue weighted by Crippen LogP contribution is -1.75. The van der Waals surface area contributed by atoms with Gasteiger partial charge in [0.05, 0.1) is 12.5 Å². The van der Waals surface area contributed by atoms with E-state index in [0.717, 1.165) is 5.57 Å². The Hall–Kier alpha value is -0.630. The monoisotopic (exact) mass is 246 g/mol. The average Bonchev–Trinajstić information content (AvgIpc) is 1.90. The van der Waals surface area contributed by atoms with Crippen LogP contribution in [0.4, 0.5) is 0 Å². The molecule has 0 aromatic carbocycles. The average molecular weight is 246 g/mol. The van der Waals surface area contributed by atoms with Crippen molar-refractivity contribution in [2.45, 2.75) is 6.42 Å². The van der Waals surface area contributed by atoms with E-state index < -0.39 is 0 Å². The van der Waals surface area contributed by atoms with E-state index in [0.29, 0.717) is 6.42 Å². The fourth-order valence-corrected chi connectivity index (χ4v) is 0.915. The predicted molar refractivity (Wildman–Crippen MR) is 50.3 cm³/mol. The Morgan fingerprint density at radius 1 is 1.70 bits per heavy atom. The van der Waals surface area contributed by atoms with E-state index >= 15 is 0 Å². The summed E-state index contributed by atoms with van der Waals surface area (Å²) >= 11 is 2.08. The molecular weight excluding hydrogens is 239 g/mol. The van der Waals surface area contributed by atoms with Crippen LogP contribution >= 0.6 is 22.6 Å². The third kappa shape index (κ3) is 4.27. The molecular formula is C7H7IN2. The van der Waals surface area contributed by atoms with Crippen LogP contribution in [0, 0.1) is 16.7 Å². The van der Waals surface area contributed by atoms with Crippen molar-refractivity contribution in [3.63, 3.8) is 0 Å². The van der Waals surface area contributed by atoms with Crippen LogP contribution in [-0.2, 0) is 0 Å². The molecule has 2 nitrogen and oxygen atoms in total. The van der Waals surface area contributed by atoms with Gasteiger partial charge in [-0.3, -0.25) is 0 Å². The highest BCUT2D eigenvalue weighted by atomic mass is 127. The van der Waals surface area contributed by atoms with Crippen LogP contribution in [0.2, 0.25) is 0 Å². The highest BCUT2D eigenvalue weighted by Crippen LogP contribution is 2.02. The third-order valence-electron chi connectivity index (χ3n) is 0.858. The zero-order valence-electron chi connectivity index (χ0n) is 5.34. The van der Waals surface area contributed by atoms with Gasteiger partial charge in [0.1, 0.15) is 0 Å². The predicted octanol–water partition coefficient (Wildman–Crippen LogP) is 2.42. The molecule has 0 unspecified atom stereocenters. The van der Waals surface area contributed by atoms with Crippen LogP contribution in [0.5, 0.6) is 0 Å². The first-order valence-corrected chi connectivity index (χ1v) is 3.93. The highest BCUT2D eigenvalue weighted by Gasteiger charge is 1.86. The summed E-state index contributed by atoms with van der Waals surface area (Å²) in [5, 5.41) is 15.0. The van der Waals surface area contributed by atoms with Crippen LogP contribution in [0.3, 0.4) is 0 Å². The molecule has 0 spiro atoms. The molecule has 10 heavy (non-hydrogen) atoms. The van der Waals surface area contributed by atoms with Crippen molar-refractivity contribution in [1.29, 1.82) is 10.7 Å². The van der Waals surface area contributed by atoms with Gasteiger partial charge in [-0.15, -0.1) is 0 Å². The van der Waals surface area contributed by atoms with E-state index in [2.05, 4.69) is 22.6 Å². The Labute approximate surface area is 73.9 Å². The lowest BCUT2D eigenvalue weighted by molar-refractivity contribution is 1.28. The third-order valence-corrected chi connectivity index (χ3v) is 1.22. The fourth-order valence-electron chi connectivity index (χ4n) is 0.453. The number of rotatable bonds is 3. The Morgan fingerprint density at radius 3 is 2.80 bits per heavy atom. The van der Waals surface area contributed by atoms with Crippen LogP contribution in [0.15, 0.2) is 21.8 Å². The van der Waals surface area contributed by atoms with Gasteiger partial charge in [-0.1, -0.05) is 28.7 Å². The lowest BCUT2D eigenvalue weighted by Gasteiger charge is -1.87. The van der Waals surface area contributed by atoms with Crippen molar-refractivity contribution in [3.05, 3.63) is 21.8 Å². The molecule has 1 N–H and O–H groups in total. The number of hydrogen-bond donors (Lipinski definition) is 1. The summed E-state index contributed by atoms with van der Waals surface area (Å²) in [6.45, 7) is 0. The Kier molecular flexibility index (Phi) is 6.08. The summed E-state index contributed by atoms with van der Waals surface area (Å²) in [4.78, 5) is 0. The summed E-state index contributed by atoms with van der Waals surface area (Å²) in [5.74, 6) is 0. The van der Waals surface area contributed by atoms with Gasteiger partial charge in [0.25, 0.3) is 0 Å². The first-order chi connectivity index (χ1) is 4.85. The van der Waals surface area contributed by atoms with Gasteiger partial charge in [0.15, 0.2) is 0 Å². The standard InChI is InChI=1S/C7H7IN2/c8-4-1-7(2-5-9)3-6-10/h1-2,4-5,9H,3H2/b4-1-,7-2+,9-5?. The highest BCUT2D eigenvalue weighted by molar-refractivity contribution is 14.1. The van der Waals surface area contributed by atoms with Crippen molar-refractivity contribution in [3.8, 4) is 6.07 Å². The number of nitrogens with zero attached hydrogens (tertiary/aromatic N) is 1. The number of halogens is 1. The van der Waals surface area contributed by atoms with Crippen molar-refractivity contribution < 1.29 is 0 Å². The minimum absolute atomic E-state index is 0.370. The molecule has 0 bridgehead atoms. The molecule has 0 rings (SSSR count). The zero-order chi connectivity index (χ0) is 7.82. The first kappa shape index (κ1) is 9.37. The molecule has 0 fully saturated rings. The van der Waals surface area contributed by atoms with Crippen LogP contribution in [0.25, 0.3) is 0 Å². The van der Waals surface area contributed by atoms with Gasteiger partial charge < -0.3 is 5.41 Å². The molecule has 0 saturated heterocycles. The topological polar surface area (TPSA) is 47.6 Å². The van der Waals surface area contributed by atoms with E-state index in [4.69, 9.17) is 10.7 Å². The lowest BCUT2D eigenvalue weighted by atomic mass is 10.2. The summed E-state index contributed by atoms with van der Waals surface area (Å²) in [6.07, 6.45) is 4.98. The number of nitrogens with one attached hydrogen (secondary N) is 1. The minimum atomic E-state index is 0.370. The quantitative estimate of drug-likeness (QED) is 0.464. The van der Waals surface area contributed by atoms with Crippen molar-refractivity contribution in [2.24, 2.45) is 0 Å². The van der Waals surface area contributed by atoms with Gasteiger partial charge in [0, 0.05) is 6.21 Å². The SMILES string of the molecule is N#CCC(/C=C\I)=C/C=N. The molecule has 3 heteroatoms. The molecule has 0 amide bonds. The van der Waals surface area contributed by atoms with Gasteiger partial charge in [-0.2, -0.15) is 5.26 Å². The zero-order valence-corrected chi connectivity index (χ0v) is 7.50. The Balaban J connectivity index is 4.13. The van der Waals surface area contributed by atoms with Crippen LogP contribution < -0.4 is 0 Å². The second-order valence-corrected chi connectivity index (χ2v) is 2.25. The second-order valence-electron chi connectivity index (χ2n) is 1.54. The van der Waals surface area contributed by atoms with Crippen molar-refractivity contribution >= 4 is 28.8 Å². The maximum absolute atomic E-state index is 8.29. The molecule has 0 aliphatic rings. The maximum atomic E-state index is 8.29. The summed E-state index contributed by atoms with van der Waals surface area (Å²) in [7, 11) is 0. The van der Waals surface area contributed by atoms with Crippen LogP contribution in [0.1, 0.15) is 6.42 Å². The number of allylic oxidation sites excluding steroid dienone is 3. The Morgan fingerprint density at radius 2 is 2.40 bits per heavy atom. The van der Waals surface area contributed by atoms with E-state index in [1.807, 2.05) is 16.2 Å². The normalized spacial score (nSPS) is 11.4. The summed E-state index contributed by atoms with van der Waals surface area (Å²) in [5.41, 5.74) is 0.868. The summed E-state index contributed by atoms with van der Waals surface area (Å²) < 4.78 is 1.82. The molecule has 0 radical (unpaired) electrons. The largest absolute Gasteiger partial charge is 0.309 e. The molecule has 0 aromatic rings. The molecule has 0 aliphatic heterocycles. The molecule has 0 atom stereocenters. The fraction of sp³-hybridized carbons (Fsp3) is 0.143. The second kappa shape index (κ2) is 6.49. The van der Waals surface area contributed by atoms with Gasteiger partial charge in [0.2, 0.25) is 0 Å². The number of nitriles is 1. The van der Waals surface area contributed by atoms with Crippen LogP contribution in [-0.4, -0.2) is 6.21 Å². The van der Waals surface area contributed by atoms with E-state index in [9.17, 15) is 0 Å². The molecule has 52 valence electrons. The van der Waals surface area contributed by atoms with Gasteiger partial charge in [-0.25, -0.2) is 0 Å². The maximum Gasteiger partial charge on any atom is 0.0669 e.